The molecular formula is C31H52N2O4. The molecule has 0 spiro atoms. The number of piperidine rings is 2. The maximum Gasteiger partial charge on any atom is 0.311 e. The van der Waals surface area contributed by atoms with E-state index in [4.69, 9.17) is 14.2 Å². The fourth-order valence-electron chi connectivity index (χ4n) is 6.53. The second-order valence-electron chi connectivity index (χ2n) is 13.9. The molecule has 2 aliphatic rings. The van der Waals surface area contributed by atoms with Crippen LogP contribution in [0.1, 0.15) is 86.6 Å². The van der Waals surface area contributed by atoms with E-state index in [1.54, 1.807) is 7.11 Å². The smallest absolute Gasteiger partial charge is 0.311 e. The SMILES string of the molecule is COc1ccc(CC(COC2CC(C)(C)N(C)C(C)(C)C2)C(=O)OC2CC(C)(C)N(C)C(C)(C)C2)cc1. The number of benzene rings is 1. The first-order valence-electron chi connectivity index (χ1n) is 13.9. The van der Waals surface area contributed by atoms with E-state index in [1.807, 2.05) is 24.3 Å². The molecule has 2 fully saturated rings. The molecule has 2 heterocycles. The van der Waals surface area contributed by atoms with Crippen LogP contribution in [0.3, 0.4) is 0 Å². The summed E-state index contributed by atoms with van der Waals surface area (Å²) in [6.07, 6.45) is 4.12. The third kappa shape index (κ3) is 7.07. The van der Waals surface area contributed by atoms with E-state index in [0.29, 0.717) is 13.0 Å². The van der Waals surface area contributed by atoms with Crippen LogP contribution in [0.4, 0.5) is 0 Å². The topological polar surface area (TPSA) is 51.2 Å². The van der Waals surface area contributed by atoms with E-state index in [0.717, 1.165) is 37.0 Å². The van der Waals surface area contributed by atoms with Crippen molar-refractivity contribution in [3.8, 4) is 5.75 Å². The average Bonchev–Trinajstić information content (AvgIpc) is 2.78. The van der Waals surface area contributed by atoms with Gasteiger partial charge in [-0.3, -0.25) is 14.6 Å². The van der Waals surface area contributed by atoms with Gasteiger partial charge in [0.05, 0.1) is 25.7 Å². The maximum atomic E-state index is 13.7. The van der Waals surface area contributed by atoms with Crippen molar-refractivity contribution < 1.29 is 19.0 Å². The minimum absolute atomic E-state index is 0.0314. The van der Waals surface area contributed by atoms with Gasteiger partial charge in [0.2, 0.25) is 0 Å². The molecule has 2 aliphatic heterocycles. The van der Waals surface area contributed by atoms with Crippen LogP contribution >= 0.6 is 0 Å². The van der Waals surface area contributed by atoms with E-state index >= 15 is 0 Å². The monoisotopic (exact) mass is 516 g/mol. The zero-order valence-electron chi connectivity index (χ0n) is 25.3. The fraction of sp³-hybridized carbons (Fsp3) is 0.774. The Morgan fingerprint density at radius 1 is 0.811 bits per heavy atom. The van der Waals surface area contributed by atoms with Gasteiger partial charge >= 0.3 is 5.97 Å². The van der Waals surface area contributed by atoms with Crippen LogP contribution in [0.2, 0.25) is 0 Å². The maximum absolute atomic E-state index is 13.7. The Hall–Kier alpha value is -1.63. The highest BCUT2D eigenvalue weighted by Crippen LogP contribution is 2.40. The molecule has 37 heavy (non-hydrogen) atoms. The number of nitrogens with zero attached hydrogens (tertiary/aromatic N) is 2. The van der Waals surface area contributed by atoms with Gasteiger partial charge in [0.25, 0.3) is 0 Å². The summed E-state index contributed by atoms with van der Waals surface area (Å²) in [5.41, 5.74) is 1.06. The number of likely N-dealkylation sites (tertiary alicyclic amines) is 2. The number of ether oxygens (including phenoxy) is 3. The standard InChI is InChI=1S/C31H52N2O4/c1-28(2)17-25(18-29(3,4)32(28)9)36-21-23(16-22-12-14-24(35-11)15-13-22)27(34)37-26-19-30(5,6)33(10)31(7,8)20-26/h12-15,23,25-26H,16-21H2,1-11H3. The van der Waals surface area contributed by atoms with Crippen molar-refractivity contribution in [2.45, 2.75) is 122 Å². The van der Waals surface area contributed by atoms with Gasteiger partial charge in [0, 0.05) is 35.0 Å². The predicted molar refractivity (Wildman–Crippen MR) is 150 cm³/mol. The first kappa shape index (κ1) is 29.9. The van der Waals surface area contributed by atoms with Crippen molar-refractivity contribution in [2.24, 2.45) is 5.92 Å². The minimum Gasteiger partial charge on any atom is -0.497 e. The summed E-state index contributed by atoms with van der Waals surface area (Å²) in [4.78, 5) is 18.5. The molecule has 0 radical (unpaired) electrons. The number of rotatable bonds is 8. The lowest BCUT2D eigenvalue weighted by Crippen LogP contribution is -2.60. The predicted octanol–water partition coefficient (Wildman–Crippen LogP) is 5.72. The molecular weight excluding hydrogens is 464 g/mol. The van der Waals surface area contributed by atoms with E-state index in [9.17, 15) is 4.79 Å². The van der Waals surface area contributed by atoms with Crippen LogP contribution < -0.4 is 4.74 Å². The summed E-state index contributed by atoms with van der Waals surface area (Å²) < 4.78 is 18.1. The number of methoxy groups -OCH3 is 1. The lowest BCUT2D eigenvalue weighted by atomic mass is 9.78. The highest BCUT2D eigenvalue weighted by molar-refractivity contribution is 5.73. The first-order valence-corrected chi connectivity index (χ1v) is 13.9. The molecule has 0 aromatic heterocycles. The lowest BCUT2D eigenvalue weighted by molar-refractivity contribution is -0.168. The van der Waals surface area contributed by atoms with E-state index in [2.05, 4.69) is 79.3 Å². The Morgan fingerprint density at radius 3 is 1.68 bits per heavy atom. The molecule has 0 saturated carbocycles. The van der Waals surface area contributed by atoms with Crippen LogP contribution in [0.5, 0.6) is 5.75 Å². The van der Waals surface area contributed by atoms with Crippen LogP contribution in [0, 0.1) is 5.92 Å². The number of carbonyl (C=O) groups is 1. The fourth-order valence-corrected chi connectivity index (χ4v) is 6.53. The van der Waals surface area contributed by atoms with Crippen molar-refractivity contribution in [2.75, 3.05) is 27.8 Å². The summed E-state index contributed by atoms with van der Waals surface area (Å²) >= 11 is 0. The van der Waals surface area contributed by atoms with Crippen molar-refractivity contribution in [3.05, 3.63) is 29.8 Å². The van der Waals surface area contributed by atoms with Crippen molar-refractivity contribution in [3.63, 3.8) is 0 Å². The Bertz CT molecular complexity index is 886. The molecule has 1 unspecified atom stereocenters. The van der Waals surface area contributed by atoms with Gasteiger partial charge in [-0.05, 0) is 106 Å². The molecule has 0 bridgehead atoms. The van der Waals surface area contributed by atoms with Gasteiger partial charge in [0.1, 0.15) is 11.9 Å². The van der Waals surface area contributed by atoms with E-state index in [-0.39, 0.29) is 46.3 Å². The molecule has 210 valence electrons. The third-order valence-corrected chi connectivity index (χ3v) is 9.33. The summed E-state index contributed by atoms with van der Waals surface area (Å²) in [7, 11) is 6.03. The summed E-state index contributed by atoms with van der Waals surface area (Å²) in [6, 6.07) is 7.95. The second kappa shape index (κ2) is 10.9. The van der Waals surface area contributed by atoms with Gasteiger partial charge in [-0.1, -0.05) is 12.1 Å². The summed E-state index contributed by atoms with van der Waals surface area (Å²) in [5, 5.41) is 0. The Labute approximate surface area is 226 Å². The van der Waals surface area contributed by atoms with Crippen LogP contribution in [0.25, 0.3) is 0 Å². The van der Waals surface area contributed by atoms with E-state index < -0.39 is 0 Å². The molecule has 0 amide bonds. The normalized spacial score (nSPS) is 24.9. The number of hydrogen-bond acceptors (Lipinski definition) is 6. The van der Waals surface area contributed by atoms with Crippen molar-refractivity contribution >= 4 is 5.97 Å². The molecule has 6 heteroatoms. The highest BCUT2D eigenvalue weighted by Gasteiger charge is 2.46. The molecule has 3 rings (SSSR count). The Kier molecular flexibility index (Phi) is 8.78. The zero-order valence-corrected chi connectivity index (χ0v) is 25.3. The van der Waals surface area contributed by atoms with Gasteiger partial charge in [0.15, 0.2) is 0 Å². The largest absolute Gasteiger partial charge is 0.497 e. The highest BCUT2D eigenvalue weighted by atomic mass is 16.5. The van der Waals surface area contributed by atoms with Gasteiger partial charge in [-0.25, -0.2) is 0 Å². The number of carbonyl (C=O) groups excluding carboxylic acids is 1. The van der Waals surface area contributed by atoms with Gasteiger partial charge < -0.3 is 14.2 Å². The number of hydrogen-bond donors (Lipinski definition) is 0. The molecule has 1 atom stereocenters. The third-order valence-electron chi connectivity index (χ3n) is 9.33. The van der Waals surface area contributed by atoms with Crippen LogP contribution in [-0.4, -0.2) is 77.9 Å². The average molecular weight is 517 g/mol. The quantitative estimate of drug-likeness (QED) is 0.412. The minimum atomic E-state index is -0.356. The van der Waals surface area contributed by atoms with Gasteiger partial charge in [-0.15, -0.1) is 0 Å². The van der Waals surface area contributed by atoms with Crippen LogP contribution in [-0.2, 0) is 20.7 Å². The van der Waals surface area contributed by atoms with E-state index in [1.165, 1.54) is 0 Å². The molecule has 6 nitrogen and oxygen atoms in total. The lowest BCUT2D eigenvalue weighted by Gasteiger charge is -2.53. The van der Waals surface area contributed by atoms with Crippen LogP contribution in [0.15, 0.2) is 24.3 Å². The Balaban J connectivity index is 1.75. The molecule has 1 aromatic carbocycles. The first-order chi connectivity index (χ1) is 17.0. The second-order valence-corrected chi connectivity index (χ2v) is 13.9. The summed E-state index contributed by atoms with van der Waals surface area (Å²) in [6.45, 7) is 18.4. The molecule has 2 saturated heterocycles. The molecule has 0 aliphatic carbocycles. The molecule has 1 aromatic rings. The van der Waals surface area contributed by atoms with Crippen molar-refractivity contribution in [1.82, 2.24) is 9.80 Å². The zero-order chi connectivity index (χ0) is 27.8. The van der Waals surface area contributed by atoms with Gasteiger partial charge in [-0.2, -0.15) is 0 Å². The number of esters is 1. The Morgan fingerprint density at radius 2 is 1.24 bits per heavy atom. The molecule has 0 N–H and O–H groups in total. The van der Waals surface area contributed by atoms with Crippen molar-refractivity contribution in [1.29, 1.82) is 0 Å². The summed E-state index contributed by atoms with van der Waals surface area (Å²) in [5.74, 6) is 0.305.